The van der Waals surface area contributed by atoms with Gasteiger partial charge in [0.15, 0.2) is 0 Å². The maximum Gasteiger partial charge on any atom is 0.320 e. The summed E-state index contributed by atoms with van der Waals surface area (Å²) in [5, 5.41) is 10.3. The van der Waals surface area contributed by atoms with Gasteiger partial charge in [-0.2, -0.15) is 0 Å². The average molecular weight is 398 g/mol. The Labute approximate surface area is 178 Å². The van der Waals surface area contributed by atoms with E-state index in [-0.39, 0.29) is 6.04 Å². The van der Waals surface area contributed by atoms with Gasteiger partial charge in [-0.3, -0.25) is 9.69 Å². The third kappa shape index (κ3) is 2.88. The minimum Gasteiger partial charge on any atom is -0.480 e. The second-order valence-corrected chi connectivity index (χ2v) is 8.56. The van der Waals surface area contributed by atoms with Crippen LogP contribution in [0.3, 0.4) is 0 Å². The molecule has 0 aromatic heterocycles. The van der Waals surface area contributed by atoms with E-state index >= 15 is 0 Å². The van der Waals surface area contributed by atoms with Crippen LogP contribution in [0.25, 0.3) is 0 Å². The molecule has 3 heteroatoms. The fourth-order valence-corrected chi connectivity index (χ4v) is 5.98. The van der Waals surface area contributed by atoms with Gasteiger partial charge in [0.1, 0.15) is 6.04 Å². The molecule has 1 heterocycles. The number of carboxylic acids is 1. The van der Waals surface area contributed by atoms with Gasteiger partial charge in [0.05, 0.1) is 5.54 Å². The van der Waals surface area contributed by atoms with Crippen molar-refractivity contribution in [1.29, 1.82) is 0 Å². The molecule has 3 aromatic rings. The first-order valence-corrected chi connectivity index (χ1v) is 10.9. The summed E-state index contributed by atoms with van der Waals surface area (Å²) in [6.07, 6.45) is 4.09. The molecule has 2 fully saturated rings. The minimum atomic E-state index is -0.712. The van der Waals surface area contributed by atoms with Crippen molar-refractivity contribution in [3.8, 4) is 0 Å². The van der Waals surface area contributed by atoms with Gasteiger partial charge >= 0.3 is 5.97 Å². The zero-order valence-corrected chi connectivity index (χ0v) is 17.0. The van der Waals surface area contributed by atoms with Crippen LogP contribution in [0.15, 0.2) is 91.0 Å². The highest BCUT2D eigenvalue weighted by Crippen LogP contribution is 2.52. The summed E-state index contributed by atoms with van der Waals surface area (Å²) >= 11 is 0. The molecule has 3 unspecified atom stereocenters. The number of carboxylic acid groups (broad SMARTS) is 1. The lowest BCUT2D eigenvalue weighted by atomic mass is 9.74. The Balaban J connectivity index is 1.85. The maximum atomic E-state index is 12.5. The Bertz CT molecular complexity index is 906. The van der Waals surface area contributed by atoms with Crippen LogP contribution in [0.1, 0.15) is 42.4 Å². The maximum absolute atomic E-state index is 12.5. The predicted molar refractivity (Wildman–Crippen MR) is 118 cm³/mol. The second-order valence-electron chi connectivity index (χ2n) is 8.56. The summed E-state index contributed by atoms with van der Waals surface area (Å²) in [5.41, 5.74) is 2.74. The lowest BCUT2D eigenvalue weighted by Crippen LogP contribution is -2.56. The lowest BCUT2D eigenvalue weighted by molar-refractivity contribution is -0.144. The number of benzene rings is 3. The van der Waals surface area contributed by atoms with Crippen molar-refractivity contribution in [2.45, 2.75) is 43.3 Å². The number of nitrogens with zero attached hydrogens (tertiary/aromatic N) is 1. The summed E-state index contributed by atoms with van der Waals surface area (Å²) in [7, 11) is 0. The normalized spacial score (nSPS) is 23.9. The molecule has 1 saturated heterocycles. The van der Waals surface area contributed by atoms with Crippen LogP contribution in [0.4, 0.5) is 0 Å². The van der Waals surface area contributed by atoms with Crippen LogP contribution in [0.5, 0.6) is 0 Å². The molecule has 3 atom stereocenters. The highest BCUT2D eigenvalue weighted by atomic mass is 16.4. The average Bonchev–Trinajstić information content (AvgIpc) is 3.39. The van der Waals surface area contributed by atoms with Gasteiger partial charge < -0.3 is 5.11 Å². The minimum absolute atomic E-state index is 0.270. The Morgan fingerprint density at radius 2 is 1.23 bits per heavy atom. The smallest absolute Gasteiger partial charge is 0.320 e. The largest absolute Gasteiger partial charge is 0.480 e. The van der Waals surface area contributed by atoms with Crippen LogP contribution in [0.2, 0.25) is 0 Å². The van der Waals surface area contributed by atoms with E-state index in [2.05, 4.69) is 77.7 Å². The Hall–Kier alpha value is -2.91. The van der Waals surface area contributed by atoms with Gasteiger partial charge in [-0.15, -0.1) is 0 Å². The standard InChI is InChI=1S/C27H27NO2/c29-26(30)25-19-20-11-10-18-24(20)28(25)27(21-12-4-1-5-13-21,22-14-6-2-7-15-22)23-16-8-3-9-17-23/h1-9,12-17,20,24-25H,10-11,18-19H2,(H,29,30). The topological polar surface area (TPSA) is 40.5 Å². The molecule has 30 heavy (non-hydrogen) atoms. The van der Waals surface area contributed by atoms with E-state index in [0.717, 1.165) is 36.0 Å². The quantitative estimate of drug-likeness (QED) is 0.594. The van der Waals surface area contributed by atoms with Gasteiger partial charge in [-0.05, 0) is 41.9 Å². The Morgan fingerprint density at radius 3 is 1.67 bits per heavy atom. The van der Waals surface area contributed by atoms with E-state index in [1.807, 2.05) is 18.2 Å². The van der Waals surface area contributed by atoms with Crippen molar-refractivity contribution in [3.63, 3.8) is 0 Å². The van der Waals surface area contributed by atoms with Crippen molar-refractivity contribution < 1.29 is 9.90 Å². The van der Waals surface area contributed by atoms with Crippen molar-refractivity contribution in [2.24, 2.45) is 5.92 Å². The van der Waals surface area contributed by atoms with Crippen LogP contribution in [-0.2, 0) is 10.3 Å². The van der Waals surface area contributed by atoms with E-state index in [0.29, 0.717) is 5.92 Å². The van der Waals surface area contributed by atoms with Crippen LogP contribution in [0, 0.1) is 5.92 Å². The van der Waals surface area contributed by atoms with Crippen LogP contribution < -0.4 is 0 Å². The molecule has 0 radical (unpaired) electrons. The molecule has 3 nitrogen and oxygen atoms in total. The summed E-state index contributed by atoms with van der Waals surface area (Å²) < 4.78 is 0. The first-order chi connectivity index (χ1) is 14.7. The molecular weight excluding hydrogens is 370 g/mol. The fraction of sp³-hybridized carbons (Fsp3) is 0.296. The fourth-order valence-electron chi connectivity index (χ4n) is 5.98. The Kier molecular flexibility index (Phi) is 4.92. The summed E-state index contributed by atoms with van der Waals surface area (Å²) in [5.74, 6) is -0.266. The molecule has 1 saturated carbocycles. The van der Waals surface area contributed by atoms with Gasteiger partial charge in [0, 0.05) is 6.04 Å². The molecule has 1 aliphatic heterocycles. The molecule has 0 spiro atoms. The summed E-state index contributed by atoms with van der Waals surface area (Å²) in [4.78, 5) is 14.9. The number of hydrogen-bond donors (Lipinski definition) is 1. The monoisotopic (exact) mass is 397 g/mol. The zero-order valence-electron chi connectivity index (χ0n) is 17.0. The van der Waals surface area contributed by atoms with E-state index in [1.165, 1.54) is 6.42 Å². The number of likely N-dealkylation sites (tertiary alicyclic amines) is 1. The molecular formula is C27H27NO2. The second kappa shape index (κ2) is 7.73. The van der Waals surface area contributed by atoms with Crippen LogP contribution in [-0.4, -0.2) is 28.1 Å². The number of hydrogen-bond acceptors (Lipinski definition) is 2. The van der Waals surface area contributed by atoms with Gasteiger partial charge in [0.2, 0.25) is 0 Å². The molecule has 1 aliphatic carbocycles. The van der Waals surface area contributed by atoms with E-state index < -0.39 is 17.6 Å². The van der Waals surface area contributed by atoms with Crippen molar-refractivity contribution >= 4 is 5.97 Å². The molecule has 1 N–H and O–H groups in total. The van der Waals surface area contributed by atoms with E-state index in [4.69, 9.17) is 0 Å². The number of fused-ring (bicyclic) bond motifs is 1. The Morgan fingerprint density at radius 1 is 0.767 bits per heavy atom. The van der Waals surface area contributed by atoms with Crippen molar-refractivity contribution in [1.82, 2.24) is 4.90 Å². The first kappa shape index (κ1) is 19.1. The summed E-state index contributed by atoms with van der Waals surface area (Å²) in [6, 6.07) is 31.2. The molecule has 152 valence electrons. The van der Waals surface area contributed by atoms with E-state index in [1.54, 1.807) is 0 Å². The van der Waals surface area contributed by atoms with Crippen molar-refractivity contribution in [2.75, 3.05) is 0 Å². The number of rotatable bonds is 5. The summed E-state index contributed by atoms with van der Waals surface area (Å²) in [6.45, 7) is 0. The molecule has 3 aromatic carbocycles. The predicted octanol–water partition coefficient (Wildman–Crippen LogP) is 5.31. The third-order valence-electron chi connectivity index (χ3n) is 7.09. The molecule has 0 amide bonds. The number of carbonyl (C=O) groups is 1. The molecule has 5 rings (SSSR count). The SMILES string of the molecule is O=C(O)C1CC2CCCC2N1C(c1ccccc1)(c1ccccc1)c1ccccc1. The first-order valence-electron chi connectivity index (χ1n) is 10.9. The molecule has 2 aliphatic rings. The highest BCUT2D eigenvalue weighted by Gasteiger charge is 2.56. The van der Waals surface area contributed by atoms with E-state index in [9.17, 15) is 9.90 Å². The third-order valence-corrected chi connectivity index (χ3v) is 7.09. The zero-order chi connectivity index (χ0) is 20.6. The van der Waals surface area contributed by atoms with Crippen LogP contribution >= 0.6 is 0 Å². The molecule has 0 bridgehead atoms. The number of aliphatic carboxylic acids is 1. The van der Waals surface area contributed by atoms with Gasteiger partial charge in [-0.1, -0.05) is 97.4 Å². The lowest BCUT2D eigenvalue weighted by Gasteiger charge is -2.48. The van der Waals surface area contributed by atoms with Crippen molar-refractivity contribution in [3.05, 3.63) is 108 Å². The highest BCUT2D eigenvalue weighted by molar-refractivity contribution is 5.75. The van der Waals surface area contributed by atoms with Gasteiger partial charge in [-0.25, -0.2) is 0 Å². The van der Waals surface area contributed by atoms with Gasteiger partial charge in [0.25, 0.3) is 0 Å².